The molecule has 0 amide bonds. The number of benzene rings is 2. The standard InChI is InChI=1S/C19H13ClN6O2/c1-10-2-3-12(6-16(10)20)26-18-15(8-22-26)19-23-17(24-25(19)9-21-18)11-4-13(27)7-14(28)5-11/h2-9,27-28H,1H3. The first kappa shape index (κ1) is 16.5. The Morgan fingerprint density at radius 1 is 1.00 bits per heavy atom. The van der Waals surface area contributed by atoms with Crippen LogP contribution in [0.1, 0.15) is 5.56 Å². The van der Waals surface area contributed by atoms with Crippen molar-refractivity contribution in [2.45, 2.75) is 6.92 Å². The van der Waals surface area contributed by atoms with Crippen molar-refractivity contribution in [2.75, 3.05) is 0 Å². The monoisotopic (exact) mass is 392 g/mol. The summed E-state index contributed by atoms with van der Waals surface area (Å²) in [5.74, 6) is 0.217. The fourth-order valence-electron chi connectivity index (χ4n) is 3.07. The maximum Gasteiger partial charge on any atom is 0.182 e. The van der Waals surface area contributed by atoms with E-state index >= 15 is 0 Å². The van der Waals surface area contributed by atoms with Gasteiger partial charge in [0.05, 0.1) is 17.3 Å². The van der Waals surface area contributed by atoms with Gasteiger partial charge < -0.3 is 10.2 Å². The SMILES string of the molecule is Cc1ccc(-n2ncc3c2ncn2nc(-c4cc(O)cc(O)c4)nc32)cc1Cl. The molecule has 0 saturated heterocycles. The zero-order chi connectivity index (χ0) is 19.4. The molecule has 0 bridgehead atoms. The molecule has 2 aromatic carbocycles. The highest BCUT2D eigenvalue weighted by molar-refractivity contribution is 6.31. The summed E-state index contributed by atoms with van der Waals surface area (Å²) in [5, 5.41) is 29.6. The van der Waals surface area contributed by atoms with E-state index in [9.17, 15) is 10.2 Å². The smallest absolute Gasteiger partial charge is 0.182 e. The molecule has 0 saturated carbocycles. The van der Waals surface area contributed by atoms with E-state index in [1.165, 1.54) is 22.7 Å². The molecule has 0 radical (unpaired) electrons. The third-order valence-electron chi connectivity index (χ3n) is 4.47. The molecule has 0 aliphatic rings. The van der Waals surface area contributed by atoms with Gasteiger partial charge in [-0.15, -0.1) is 5.10 Å². The fourth-order valence-corrected chi connectivity index (χ4v) is 3.24. The zero-order valence-corrected chi connectivity index (χ0v) is 15.3. The summed E-state index contributed by atoms with van der Waals surface area (Å²) in [5.41, 5.74) is 3.44. The lowest BCUT2D eigenvalue weighted by atomic mass is 10.2. The number of phenolic OH excluding ortho intramolecular Hbond substituents is 2. The lowest BCUT2D eigenvalue weighted by Crippen LogP contribution is -1.99. The Morgan fingerprint density at radius 2 is 1.79 bits per heavy atom. The van der Waals surface area contributed by atoms with Gasteiger partial charge in [0.2, 0.25) is 0 Å². The molecule has 2 N–H and O–H groups in total. The van der Waals surface area contributed by atoms with E-state index in [4.69, 9.17) is 11.6 Å². The number of phenols is 2. The van der Waals surface area contributed by atoms with E-state index in [0.717, 1.165) is 11.3 Å². The number of aromatic hydroxyl groups is 2. The van der Waals surface area contributed by atoms with E-state index in [-0.39, 0.29) is 11.5 Å². The van der Waals surface area contributed by atoms with Crippen LogP contribution in [0.5, 0.6) is 11.5 Å². The largest absolute Gasteiger partial charge is 0.508 e. The number of hydrogen-bond donors (Lipinski definition) is 2. The number of aryl methyl sites for hydroxylation is 1. The van der Waals surface area contributed by atoms with E-state index in [2.05, 4.69) is 20.2 Å². The van der Waals surface area contributed by atoms with E-state index in [1.807, 2.05) is 25.1 Å². The molecule has 0 fully saturated rings. The van der Waals surface area contributed by atoms with E-state index in [1.54, 1.807) is 17.2 Å². The van der Waals surface area contributed by atoms with Crippen LogP contribution in [-0.2, 0) is 0 Å². The maximum atomic E-state index is 9.71. The molecular weight excluding hydrogens is 380 g/mol. The Bertz CT molecular complexity index is 1350. The highest BCUT2D eigenvalue weighted by Gasteiger charge is 2.15. The highest BCUT2D eigenvalue weighted by atomic mass is 35.5. The Morgan fingerprint density at radius 3 is 2.54 bits per heavy atom. The van der Waals surface area contributed by atoms with Gasteiger partial charge in [-0.1, -0.05) is 17.7 Å². The molecule has 0 aliphatic heterocycles. The van der Waals surface area contributed by atoms with Gasteiger partial charge in [-0.05, 0) is 36.8 Å². The Kier molecular flexibility index (Phi) is 3.50. The molecule has 5 rings (SSSR count). The molecule has 0 spiro atoms. The molecule has 0 unspecified atom stereocenters. The van der Waals surface area contributed by atoms with Crippen LogP contribution in [0.25, 0.3) is 33.8 Å². The van der Waals surface area contributed by atoms with Gasteiger partial charge in [0.15, 0.2) is 17.1 Å². The molecule has 0 atom stereocenters. The predicted octanol–water partition coefficient (Wildman–Crippen LogP) is 3.50. The van der Waals surface area contributed by atoms with Crippen LogP contribution in [0.3, 0.4) is 0 Å². The minimum Gasteiger partial charge on any atom is -0.508 e. The van der Waals surface area contributed by atoms with Crippen LogP contribution in [0.4, 0.5) is 0 Å². The molecule has 3 aromatic heterocycles. The lowest BCUT2D eigenvalue weighted by Gasteiger charge is -2.05. The summed E-state index contributed by atoms with van der Waals surface area (Å²) in [4.78, 5) is 9.00. The summed E-state index contributed by atoms with van der Waals surface area (Å²) in [6.07, 6.45) is 3.22. The molecule has 0 aliphatic carbocycles. The van der Waals surface area contributed by atoms with Crippen LogP contribution < -0.4 is 0 Å². The average Bonchev–Trinajstić information content (AvgIpc) is 3.26. The predicted molar refractivity (Wildman–Crippen MR) is 104 cm³/mol. The molecule has 28 heavy (non-hydrogen) atoms. The van der Waals surface area contributed by atoms with Crippen molar-refractivity contribution in [3.8, 4) is 28.6 Å². The minimum atomic E-state index is -0.0683. The molecule has 5 aromatic rings. The van der Waals surface area contributed by atoms with E-state index < -0.39 is 0 Å². The van der Waals surface area contributed by atoms with Crippen LogP contribution >= 0.6 is 11.6 Å². The van der Waals surface area contributed by atoms with Crippen LogP contribution in [0.2, 0.25) is 5.02 Å². The molecule has 3 heterocycles. The van der Waals surface area contributed by atoms with Gasteiger partial charge in [0, 0.05) is 16.7 Å². The number of nitrogens with zero attached hydrogens (tertiary/aromatic N) is 6. The van der Waals surface area contributed by atoms with Gasteiger partial charge in [0.25, 0.3) is 0 Å². The Labute approximate surface area is 163 Å². The quantitative estimate of drug-likeness (QED) is 0.476. The number of aromatic nitrogens is 6. The van der Waals surface area contributed by atoms with Gasteiger partial charge in [-0.25, -0.2) is 19.2 Å². The van der Waals surface area contributed by atoms with Crippen molar-refractivity contribution < 1.29 is 10.2 Å². The number of halogens is 1. The average molecular weight is 393 g/mol. The van der Waals surface area contributed by atoms with Gasteiger partial charge in [-0.2, -0.15) is 5.10 Å². The van der Waals surface area contributed by atoms with Crippen LogP contribution in [0, 0.1) is 6.92 Å². The van der Waals surface area contributed by atoms with Gasteiger partial charge in [-0.3, -0.25) is 0 Å². The third-order valence-corrected chi connectivity index (χ3v) is 4.87. The normalized spacial score (nSPS) is 11.5. The summed E-state index contributed by atoms with van der Waals surface area (Å²) in [7, 11) is 0. The first-order valence-corrected chi connectivity index (χ1v) is 8.76. The summed E-state index contributed by atoms with van der Waals surface area (Å²) in [6, 6.07) is 9.89. The molecule has 8 nitrogen and oxygen atoms in total. The van der Waals surface area contributed by atoms with Gasteiger partial charge >= 0.3 is 0 Å². The maximum absolute atomic E-state index is 9.71. The number of rotatable bonds is 2. The van der Waals surface area contributed by atoms with Crippen molar-refractivity contribution in [3.63, 3.8) is 0 Å². The van der Waals surface area contributed by atoms with E-state index in [0.29, 0.717) is 33.1 Å². The van der Waals surface area contributed by atoms with Crippen molar-refractivity contribution in [1.29, 1.82) is 0 Å². The second-order valence-corrected chi connectivity index (χ2v) is 6.82. The summed E-state index contributed by atoms with van der Waals surface area (Å²) < 4.78 is 3.22. The number of hydrogen-bond acceptors (Lipinski definition) is 6. The van der Waals surface area contributed by atoms with Crippen molar-refractivity contribution in [1.82, 2.24) is 29.4 Å². The van der Waals surface area contributed by atoms with Crippen molar-refractivity contribution >= 4 is 28.3 Å². The molecule has 9 heteroatoms. The molecule has 138 valence electrons. The van der Waals surface area contributed by atoms with Crippen LogP contribution in [0.15, 0.2) is 48.9 Å². The molecular formula is C19H13ClN6O2. The first-order valence-electron chi connectivity index (χ1n) is 8.38. The van der Waals surface area contributed by atoms with Gasteiger partial charge in [0.1, 0.15) is 17.8 Å². The number of fused-ring (bicyclic) bond motifs is 3. The summed E-state index contributed by atoms with van der Waals surface area (Å²) in [6.45, 7) is 1.94. The Hall–Kier alpha value is -3.65. The van der Waals surface area contributed by atoms with Crippen molar-refractivity contribution in [2.24, 2.45) is 0 Å². The fraction of sp³-hybridized carbons (Fsp3) is 0.0526. The zero-order valence-electron chi connectivity index (χ0n) is 14.6. The summed E-state index contributed by atoms with van der Waals surface area (Å²) >= 11 is 6.24. The lowest BCUT2D eigenvalue weighted by molar-refractivity contribution is 0.451. The first-order chi connectivity index (χ1) is 13.5. The second-order valence-electron chi connectivity index (χ2n) is 6.41. The second kappa shape index (κ2) is 5.93. The highest BCUT2D eigenvalue weighted by Crippen LogP contribution is 2.28. The topological polar surface area (TPSA) is 101 Å². The minimum absolute atomic E-state index is 0.0683. The van der Waals surface area contributed by atoms with Crippen LogP contribution in [-0.4, -0.2) is 39.6 Å². The van der Waals surface area contributed by atoms with Crippen molar-refractivity contribution in [3.05, 3.63) is 59.5 Å². The third kappa shape index (κ3) is 2.54. The Balaban J connectivity index is 1.69.